The third kappa shape index (κ3) is 2.14. The maximum Gasteiger partial charge on any atom is 0.337 e. The van der Waals surface area contributed by atoms with Gasteiger partial charge in [-0.1, -0.05) is 30.3 Å². The summed E-state index contributed by atoms with van der Waals surface area (Å²) in [7, 11) is 1.41. The number of esters is 1. The van der Waals surface area contributed by atoms with E-state index in [4.69, 9.17) is 4.74 Å². The van der Waals surface area contributed by atoms with E-state index in [0.717, 1.165) is 18.4 Å². The minimum Gasteiger partial charge on any atom is -0.465 e. The van der Waals surface area contributed by atoms with Crippen LogP contribution in [0.1, 0.15) is 39.4 Å². The summed E-state index contributed by atoms with van der Waals surface area (Å²) in [5, 5.41) is 0. The van der Waals surface area contributed by atoms with E-state index in [1.54, 1.807) is 6.07 Å². The maximum atomic E-state index is 11.6. The summed E-state index contributed by atoms with van der Waals surface area (Å²) < 4.78 is 4.77. The average Bonchev–Trinajstić information content (AvgIpc) is 2.90. The molecule has 1 radical (unpaired) electrons. The summed E-state index contributed by atoms with van der Waals surface area (Å²) in [4.78, 5) is 11.6. The van der Waals surface area contributed by atoms with Crippen molar-refractivity contribution in [2.75, 3.05) is 7.11 Å². The smallest absolute Gasteiger partial charge is 0.337 e. The number of rotatable bonds is 2. The molecule has 1 aliphatic rings. The number of carbonyl (C=O) groups is 1. The van der Waals surface area contributed by atoms with Crippen molar-refractivity contribution in [2.45, 2.75) is 18.8 Å². The van der Waals surface area contributed by atoms with Gasteiger partial charge in [-0.2, -0.15) is 0 Å². The molecule has 0 amide bonds. The predicted molar refractivity (Wildman–Crippen MR) is 73.2 cm³/mol. The lowest BCUT2D eigenvalue weighted by molar-refractivity contribution is 0.0600. The van der Waals surface area contributed by atoms with Crippen LogP contribution in [-0.4, -0.2) is 13.1 Å². The van der Waals surface area contributed by atoms with E-state index in [2.05, 4.69) is 30.3 Å². The number of ether oxygens (including phenoxy) is 1. The van der Waals surface area contributed by atoms with Gasteiger partial charge >= 0.3 is 5.97 Å². The summed E-state index contributed by atoms with van der Waals surface area (Å²) in [6.45, 7) is 0. The molecular weight excluding hydrogens is 236 g/mol. The van der Waals surface area contributed by atoms with E-state index in [-0.39, 0.29) is 5.97 Å². The molecule has 1 atom stereocenters. The number of carbonyl (C=O) groups excluding carboxylic acids is 1. The monoisotopic (exact) mass is 251 g/mol. The van der Waals surface area contributed by atoms with Gasteiger partial charge in [-0.05, 0) is 47.7 Å². The number of hydrogen-bond acceptors (Lipinski definition) is 2. The largest absolute Gasteiger partial charge is 0.465 e. The van der Waals surface area contributed by atoms with Crippen molar-refractivity contribution in [1.82, 2.24) is 0 Å². The Hall–Kier alpha value is -2.09. The fourth-order valence-electron chi connectivity index (χ4n) is 2.81. The molecular formula is C17H15O2. The van der Waals surface area contributed by atoms with E-state index >= 15 is 0 Å². The van der Waals surface area contributed by atoms with Crippen molar-refractivity contribution < 1.29 is 9.53 Å². The Bertz CT molecular complexity index is 616. The highest BCUT2D eigenvalue weighted by molar-refractivity contribution is 5.89. The summed E-state index contributed by atoms with van der Waals surface area (Å²) in [5.41, 5.74) is 4.44. The zero-order valence-corrected chi connectivity index (χ0v) is 10.8. The zero-order chi connectivity index (χ0) is 13.2. The molecule has 3 rings (SSSR count). The first kappa shape index (κ1) is 12.0. The molecule has 2 aromatic carbocycles. The second kappa shape index (κ2) is 4.88. The molecule has 0 N–H and O–H groups in total. The standard InChI is InChI=1S/C17H15O2/c1-19-17(18)14-7-4-6-13(11-14)16-10-9-12-5-2-3-8-15(12)16/h2-5,7-8,11,16H,9-10H2,1H3. The van der Waals surface area contributed by atoms with Crippen molar-refractivity contribution in [3.8, 4) is 0 Å². The predicted octanol–water partition coefficient (Wildman–Crippen LogP) is 3.35. The Balaban J connectivity index is 1.98. The van der Waals surface area contributed by atoms with Gasteiger partial charge in [0.2, 0.25) is 0 Å². The van der Waals surface area contributed by atoms with Crippen molar-refractivity contribution in [1.29, 1.82) is 0 Å². The van der Waals surface area contributed by atoms with Crippen LogP contribution in [0.2, 0.25) is 0 Å². The first-order valence-corrected chi connectivity index (χ1v) is 6.47. The molecule has 0 heterocycles. The van der Waals surface area contributed by atoms with Gasteiger partial charge in [0.1, 0.15) is 0 Å². The minimum atomic E-state index is -0.290. The highest BCUT2D eigenvalue weighted by Gasteiger charge is 2.24. The van der Waals surface area contributed by atoms with Gasteiger partial charge in [0, 0.05) is 5.92 Å². The van der Waals surface area contributed by atoms with Gasteiger partial charge < -0.3 is 4.74 Å². The van der Waals surface area contributed by atoms with Crippen molar-refractivity contribution in [3.63, 3.8) is 0 Å². The molecule has 0 bridgehead atoms. The lowest BCUT2D eigenvalue weighted by Crippen LogP contribution is -2.03. The average molecular weight is 251 g/mol. The Morgan fingerprint density at radius 3 is 3.00 bits per heavy atom. The van der Waals surface area contributed by atoms with Gasteiger partial charge in [0.05, 0.1) is 12.7 Å². The minimum absolute atomic E-state index is 0.290. The van der Waals surface area contributed by atoms with Crippen LogP contribution < -0.4 is 0 Å². The van der Waals surface area contributed by atoms with E-state index in [1.807, 2.05) is 12.1 Å². The molecule has 0 fully saturated rings. The molecule has 2 aromatic rings. The third-order valence-corrected chi connectivity index (χ3v) is 3.75. The highest BCUT2D eigenvalue weighted by atomic mass is 16.5. The lowest BCUT2D eigenvalue weighted by atomic mass is 9.92. The second-order valence-electron chi connectivity index (χ2n) is 4.81. The normalized spacial score (nSPS) is 17.0. The molecule has 19 heavy (non-hydrogen) atoms. The van der Waals surface area contributed by atoms with E-state index in [9.17, 15) is 4.79 Å². The second-order valence-corrected chi connectivity index (χ2v) is 4.81. The van der Waals surface area contributed by atoms with Gasteiger partial charge in [-0.3, -0.25) is 0 Å². The molecule has 2 nitrogen and oxygen atoms in total. The molecule has 95 valence electrons. The topological polar surface area (TPSA) is 26.3 Å². The van der Waals surface area contributed by atoms with Crippen LogP contribution in [0.4, 0.5) is 0 Å². The molecule has 0 aliphatic heterocycles. The summed E-state index contributed by atoms with van der Waals surface area (Å²) in [6, 6.07) is 17.2. The Morgan fingerprint density at radius 2 is 2.16 bits per heavy atom. The highest BCUT2D eigenvalue weighted by Crippen LogP contribution is 2.37. The van der Waals surface area contributed by atoms with Crippen molar-refractivity contribution in [3.05, 3.63) is 70.8 Å². The number of fused-ring (bicyclic) bond motifs is 1. The van der Waals surface area contributed by atoms with Gasteiger partial charge in [0.15, 0.2) is 0 Å². The molecule has 2 heteroatoms. The Kier molecular flexibility index (Phi) is 3.08. The molecule has 0 spiro atoms. The first-order chi connectivity index (χ1) is 9.29. The fourth-order valence-corrected chi connectivity index (χ4v) is 2.81. The summed E-state index contributed by atoms with van der Waals surface area (Å²) in [5.74, 6) is 0.0577. The zero-order valence-electron chi connectivity index (χ0n) is 10.8. The van der Waals surface area contributed by atoms with Crippen LogP contribution >= 0.6 is 0 Å². The van der Waals surface area contributed by atoms with Crippen LogP contribution in [0.15, 0.2) is 42.5 Å². The summed E-state index contributed by atoms with van der Waals surface area (Å²) in [6.07, 6.45) is 2.18. The third-order valence-electron chi connectivity index (χ3n) is 3.75. The van der Waals surface area contributed by atoms with Crippen LogP contribution in [0.25, 0.3) is 0 Å². The van der Waals surface area contributed by atoms with E-state index < -0.39 is 0 Å². The molecule has 1 aliphatic carbocycles. The van der Waals surface area contributed by atoms with Crippen molar-refractivity contribution >= 4 is 5.97 Å². The molecule has 0 saturated heterocycles. The molecule has 0 saturated carbocycles. The SMILES string of the molecule is COC(=O)c1cc[c]c(C2CCc3ccccc32)c1. The number of aryl methyl sites for hydroxylation is 1. The quantitative estimate of drug-likeness (QED) is 0.765. The van der Waals surface area contributed by atoms with Crippen LogP contribution in [0, 0.1) is 6.07 Å². The van der Waals surface area contributed by atoms with E-state index in [0.29, 0.717) is 11.5 Å². The van der Waals surface area contributed by atoms with E-state index in [1.165, 1.54) is 18.2 Å². The number of hydrogen-bond donors (Lipinski definition) is 0. The number of methoxy groups -OCH3 is 1. The summed E-state index contributed by atoms with van der Waals surface area (Å²) >= 11 is 0. The molecule has 0 aromatic heterocycles. The van der Waals surface area contributed by atoms with Gasteiger partial charge in [-0.15, -0.1) is 0 Å². The van der Waals surface area contributed by atoms with Crippen LogP contribution in [0.3, 0.4) is 0 Å². The van der Waals surface area contributed by atoms with Gasteiger partial charge in [-0.25, -0.2) is 4.79 Å². The van der Waals surface area contributed by atoms with Gasteiger partial charge in [0.25, 0.3) is 0 Å². The van der Waals surface area contributed by atoms with Crippen molar-refractivity contribution in [2.24, 2.45) is 0 Å². The molecule has 1 unspecified atom stereocenters. The van der Waals surface area contributed by atoms with Crippen LogP contribution in [0.5, 0.6) is 0 Å². The number of benzene rings is 2. The van der Waals surface area contributed by atoms with Crippen LogP contribution in [-0.2, 0) is 11.2 Å². The lowest BCUT2D eigenvalue weighted by Gasteiger charge is -2.12. The Labute approximate surface area is 113 Å². The fraction of sp³-hybridized carbons (Fsp3) is 0.235. The maximum absolute atomic E-state index is 11.6. The Morgan fingerprint density at radius 1 is 1.32 bits per heavy atom. The first-order valence-electron chi connectivity index (χ1n) is 6.47.